The highest BCUT2D eigenvalue weighted by Gasteiger charge is 2.39. The van der Waals surface area contributed by atoms with Gasteiger partial charge in [-0.3, -0.25) is 9.20 Å². The number of rotatable bonds is 4. The molecule has 3 aromatic heterocycles. The average molecular weight is 338 g/mol. The standard InChI is InChI=1S/C18H22N6O/c1-2-12-9-23(16(25)7-11-3-4-11)10-13(12)18-22-21-15-8-20-17-14(24(15)18)5-6-19-17/h5-6,8,11-13,19H,2-4,7,9-10H2,1H3/t12?,13-/m0/s1. The lowest BCUT2D eigenvalue weighted by Crippen LogP contribution is -2.29. The first kappa shape index (κ1) is 14.9. The van der Waals surface area contributed by atoms with Crippen LogP contribution in [0.5, 0.6) is 0 Å². The second kappa shape index (κ2) is 5.54. The van der Waals surface area contributed by atoms with E-state index in [0.29, 0.717) is 17.7 Å². The lowest BCUT2D eigenvalue weighted by Gasteiger charge is -2.16. The number of hydrogen-bond acceptors (Lipinski definition) is 4. The Labute approximate surface area is 145 Å². The quantitative estimate of drug-likeness (QED) is 0.792. The lowest BCUT2D eigenvalue weighted by molar-refractivity contribution is -0.130. The van der Waals surface area contributed by atoms with Crippen LogP contribution in [0, 0.1) is 11.8 Å². The van der Waals surface area contributed by atoms with Crippen LogP contribution < -0.4 is 0 Å². The van der Waals surface area contributed by atoms with Gasteiger partial charge in [0.25, 0.3) is 0 Å². The molecule has 1 aliphatic heterocycles. The third-order valence-corrected chi connectivity index (χ3v) is 5.78. The normalized spacial score (nSPS) is 23.8. The molecule has 1 N–H and O–H groups in total. The Morgan fingerprint density at radius 2 is 2.20 bits per heavy atom. The van der Waals surface area contributed by atoms with Gasteiger partial charge in [-0.05, 0) is 30.7 Å². The highest BCUT2D eigenvalue weighted by Crippen LogP contribution is 2.37. The number of nitrogens with one attached hydrogen (secondary N) is 1. The number of H-pyrrole nitrogens is 1. The molecule has 2 atom stereocenters. The number of aromatic nitrogens is 5. The van der Waals surface area contributed by atoms with Gasteiger partial charge in [-0.2, -0.15) is 0 Å². The van der Waals surface area contributed by atoms with Crippen LogP contribution in [-0.2, 0) is 4.79 Å². The van der Waals surface area contributed by atoms with Gasteiger partial charge >= 0.3 is 0 Å². The maximum absolute atomic E-state index is 12.6. The molecule has 3 aromatic rings. The highest BCUT2D eigenvalue weighted by molar-refractivity contribution is 5.77. The smallest absolute Gasteiger partial charge is 0.222 e. The molecule has 1 aliphatic carbocycles. The molecule has 130 valence electrons. The second-order valence-corrected chi connectivity index (χ2v) is 7.44. The molecule has 0 aromatic carbocycles. The number of aromatic amines is 1. The van der Waals surface area contributed by atoms with Gasteiger partial charge < -0.3 is 9.88 Å². The first-order valence-electron chi connectivity index (χ1n) is 9.19. The molecule has 0 radical (unpaired) electrons. The predicted octanol–water partition coefficient (Wildman–Crippen LogP) is 2.36. The van der Waals surface area contributed by atoms with E-state index in [0.717, 1.165) is 48.6 Å². The van der Waals surface area contributed by atoms with E-state index in [4.69, 9.17) is 0 Å². The third kappa shape index (κ3) is 2.41. The summed E-state index contributed by atoms with van der Waals surface area (Å²) in [7, 11) is 0. The van der Waals surface area contributed by atoms with Crippen molar-refractivity contribution in [3.8, 4) is 0 Å². The maximum Gasteiger partial charge on any atom is 0.222 e. The van der Waals surface area contributed by atoms with Gasteiger partial charge in [0, 0.05) is 31.6 Å². The van der Waals surface area contributed by atoms with E-state index in [1.54, 1.807) is 6.20 Å². The molecule has 1 saturated carbocycles. The monoisotopic (exact) mass is 338 g/mol. The van der Waals surface area contributed by atoms with Gasteiger partial charge in [-0.15, -0.1) is 10.2 Å². The molecule has 0 bridgehead atoms. The lowest BCUT2D eigenvalue weighted by atomic mass is 9.93. The van der Waals surface area contributed by atoms with Crippen LogP contribution in [-0.4, -0.2) is 48.5 Å². The third-order valence-electron chi connectivity index (χ3n) is 5.78. The summed E-state index contributed by atoms with van der Waals surface area (Å²) >= 11 is 0. The number of nitrogens with zero attached hydrogens (tertiary/aromatic N) is 5. The van der Waals surface area contributed by atoms with Crippen LogP contribution in [0.3, 0.4) is 0 Å². The summed E-state index contributed by atoms with van der Waals surface area (Å²) in [5.41, 5.74) is 2.59. The van der Waals surface area contributed by atoms with Crippen LogP contribution in [0.25, 0.3) is 16.8 Å². The van der Waals surface area contributed by atoms with E-state index in [1.165, 1.54) is 12.8 Å². The van der Waals surface area contributed by atoms with Crippen LogP contribution in [0.1, 0.15) is 44.3 Å². The van der Waals surface area contributed by atoms with E-state index < -0.39 is 0 Å². The highest BCUT2D eigenvalue weighted by atomic mass is 16.2. The maximum atomic E-state index is 12.6. The van der Waals surface area contributed by atoms with Crippen molar-refractivity contribution in [2.75, 3.05) is 13.1 Å². The summed E-state index contributed by atoms with van der Waals surface area (Å²) in [6.45, 7) is 3.78. The first-order valence-corrected chi connectivity index (χ1v) is 9.19. The zero-order valence-electron chi connectivity index (χ0n) is 14.4. The largest absolute Gasteiger partial charge is 0.345 e. The molecule has 25 heavy (non-hydrogen) atoms. The summed E-state index contributed by atoms with van der Waals surface area (Å²) in [6, 6.07) is 2.01. The summed E-state index contributed by atoms with van der Waals surface area (Å²) in [6.07, 6.45) is 7.82. The fourth-order valence-corrected chi connectivity index (χ4v) is 4.12. The Balaban J connectivity index is 1.51. The molecule has 4 heterocycles. The van der Waals surface area contributed by atoms with Crippen molar-refractivity contribution in [2.45, 2.75) is 38.5 Å². The number of carbonyl (C=O) groups is 1. The molecule has 1 saturated heterocycles. The second-order valence-electron chi connectivity index (χ2n) is 7.44. The summed E-state index contributed by atoms with van der Waals surface area (Å²) < 4.78 is 2.10. The van der Waals surface area contributed by atoms with E-state index in [-0.39, 0.29) is 5.92 Å². The molecule has 2 aliphatic rings. The molecular formula is C18H22N6O. The van der Waals surface area contributed by atoms with E-state index in [2.05, 4.69) is 31.5 Å². The summed E-state index contributed by atoms with van der Waals surface area (Å²) in [5.74, 6) is 2.55. The van der Waals surface area contributed by atoms with Gasteiger partial charge in [-0.25, -0.2) is 4.98 Å². The van der Waals surface area contributed by atoms with Crippen molar-refractivity contribution in [2.24, 2.45) is 11.8 Å². The van der Waals surface area contributed by atoms with Crippen molar-refractivity contribution >= 4 is 22.7 Å². The molecule has 7 heteroatoms. The minimum Gasteiger partial charge on any atom is -0.345 e. The number of amides is 1. The van der Waals surface area contributed by atoms with Crippen LogP contribution in [0.4, 0.5) is 0 Å². The molecule has 5 rings (SSSR count). The summed E-state index contributed by atoms with van der Waals surface area (Å²) in [4.78, 5) is 22.2. The molecule has 2 fully saturated rings. The molecule has 1 amide bonds. The zero-order chi connectivity index (χ0) is 17.0. The van der Waals surface area contributed by atoms with Crippen LogP contribution in [0.2, 0.25) is 0 Å². The SMILES string of the molecule is CCC1CN(C(=O)CC2CC2)C[C@@H]1c1nnc2cnc3[nH]ccc3n12. The van der Waals surface area contributed by atoms with Gasteiger partial charge in [0.2, 0.25) is 5.91 Å². The van der Waals surface area contributed by atoms with Crippen molar-refractivity contribution in [3.63, 3.8) is 0 Å². The predicted molar refractivity (Wildman–Crippen MR) is 93.1 cm³/mol. The number of likely N-dealkylation sites (tertiary alicyclic amines) is 1. The van der Waals surface area contributed by atoms with E-state index in [9.17, 15) is 4.79 Å². The molecule has 1 unspecified atom stereocenters. The van der Waals surface area contributed by atoms with Crippen molar-refractivity contribution in [1.82, 2.24) is 29.5 Å². The van der Waals surface area contributed by atoms with Gasteiger partial charge in [0.05, 0.1) is 11.7 Å². The van der Waals surface area contributed by atoms with E-state index in [1.807, 2.05) is 17.2 Å². The van der Waals surface area contributed by atoms with Crippen molar-refractivity contribution in [1.29, 1.82) is 0 Å². The van der Waals surface area contributed by atoms with Gasteiger partial charge in [0.1, 0.15) is 5.82 Å². The molecular weight excluding hydrogens is 316 g/mol. The zero-order valence-corrected chi connectivity index (χ0v) is 14.4. The number of fused-ring (bicyclic) bond motifs is 3. The summed E-state index contributed by atoms with van der Waals surface area (Å²) in [5, 5.41) is 8.82. The Kier molecular flexibility index (Phi) is 3.29. The topological polar surface area (TPSA) is 79.2 Å². The minimum atomic E-state index is 0.226. The van der Waals surface area contributed by atoms with Crippen molar-refractivity contribution < 1.29 is 4.79 Å². The Morgan fingerprint density at radius 3 is 3.00 bits per heavy atom. The van der Waals surface area contributed by atoms with Crippen LogP contribution >= 0.6 is 0 Å². The van der Waals surface area contributed by atoms with Gasteiger partial charge in [0.15, 0.2) is 11.3 Å². The Morgan fingerprint density at radius 1 is 1.32 bits per heavy atom. The molecule has 0 spiro atoms. The fraction of sp³-hybridized carbons (Fsp3) is 0.556. The van der Waals surface area contributed by atoms with Crippen LogP contribution in [0.15, 0.2) is 18.5 Å². The van der Waals surface area contributed by atoms with Gasteiger partial charge in [-0.1, -0.05) is 13.3 Å². The Hall–Kier alpha value is -2.44. The first-order chi connectivity index (χ1) is 12.2. The number of carbonyl (C=O) groups excluding carboxylic acids is 1. The van der Waals surface area contributed by atoms with E-state index >= 15 is 0 Å². The average Bonchev–Trinajstić information content (AvgIpc) is 3.06. The number of hydrogen-bond donors (Lipinski definition) is 1. The van der Waals surface area contributed by atoms with Crippen molar-refractivity contribution in [3.05, 3.63) is 24.3 Å². The Bertz CT molecular complexity index is 939. The fourth-order valence-electron chi connectivity index (χ4n) is 4.12. The molecule has 7 nitrogen and oxygen atoms in total. The minimum absolute atomic E-state index is 0.226.